The minimum Gasteiger partial charge on any atom is -0.297 e. The van der Waals surface area contributed by atoms with E-state index in [0.717, 1.165) is 24.7 Å². The van der Waals surface area contributed by atoms with E-state index >= 15 is 0 Å². The first-order valence-corrected chi connectivity index (χ1v) is 7.49. The smallest absolute Gasteiger partial charge is 0.0795 e. The van der Waals surface area contributed by atoms with Gasteiger partial charge in [0.25, 0.3) is 0 Å². The summed E-state index contributed by atoms with van der Waals surface area (Å²) in [4.78, 5) is 6.81. The Balaban J connectivity index is 1.67. The van der Waals surface area contributed by atoms with Crippen molar-refractivity contribution in [1.29, 1.82) is 0 Å². The molecule has 0 unspecified atom stereocenters. The Morgan fingerprint density at radius 3 is 3.06 bits per heavy atom. The average Bonchev–Trinajstić information content (AvgIpc) is 3.02. The molecule has 0 spiro atoms. The summed E-state index contributed by atoms with van der Waals surface area (Å²) in [6.07, 6.45) is 1.19. The SMILES string of the molecule is Clc1ccccc1[C@@H]1CCN(Cc2cscn2)C1. The van der Waals surface area contributed by atoms with Crippen molar-refractivity contribution in [3.05, 3.63) is 51.4 Å². The molecule has 4 heteroatoms. The molecule has 0 bridgehead atoms. The molecule has 0 aliphatic carbocycles. The molecule has 0 N–H and O–H groups in total. The summed E-state index contributed by atoms with van der Waals surface area (Å²) < 4.78 is 0. The first kappa shape index (κ1) is 12.2. The third kappa shape index (κ3) is 2.58. The summed E-state index contributed by atoms with van der Waals surface area (Å²) in [6, 6.07) is 8.21. The number of hydrogen-bond acceptors (Lipinski definition) is 3. The molecule has 1 aromatic carbocycles. The van der Waals surface area contributed by atoms with Crippen molar-refractivity contribution in [3.63, 3.8) is 0 Å². The largest absolute Gasteiger partial charge is 0.297 e. The summed E-state index contributed by atoms with van der Waals surface area (Å²) in [6.45, 7) is 3.18. The summed E-state index contributed by atoms with van der Waals surface area (Å²) in [5.74, 6) is 0.567. The lowest BCUT2D eigenvalue weighted by Gasteiger charge is -2.15. The number of hydrogen-bond donors (Lipinski definition) is 0. The summed E-state index contributed by atoms with van der Waals surface area (Å²) in [5, 5.41) is 3.03. The fraction of sp³-hybridized carbons (Fsp3) is 0.357. The summed E-state index contributed by atoms with van der Waals surface area (Å²) in [5.41, 5.74) is 4.37. The average molecular weight is 279 g/mol. The Bertz CT molecular complexity index is 512. The molecule has 2 aromatic rings. The van der Waals surface area contributed by atoms with Crippen LogP contribution in [0.5, 0.6) is 0 Å². The minimum atomic E-state index is 0.567. The molecule has 0 amide bonds. The second kappa shape index (κ2) is 5.39. The van der Waals surface area contributed by atoms with Gasteiger partial charge in [-0.1, -0.05) is 29.8 Å². The van der Waals surface area contributed by atoms with Gasteiger partial charge in [0, 0.05) is 23.5 Å². The lowest BCUT2D eigenvalue weighted by atomic mass is 9.98. The fourth-order valence-corrected chi connectivity index (χ4v) is 3.42. The Morgan fingerprint density at radius 2 is 2.28 bits per heavy atom. The van der Waals surface area contributed by atoms with Gasteiger partial charge in [-0.3, -0.25) is 4.90 Å². The Hall–Kier alpha value is -0.900. The van der Waals surface area contributed by atoms with Gasteiger partial charge >= 0.3 is 0 Å². The predicted octanol–water partition coefficient (Wildman–Crippen LogP) is 3.79. The highest BCUT2D eigenvalue weighted by molar-refractivity contribution is 7.07. The topological polar surface area (TPSA) is 16.1 Å². The highest BCUT2D eigenvalue weighted by atomic mass is 35.5. The quantitative estimate of drug-likeness (QED) is 0.849. The van der Waals surface area contributed by atoms with Crippen molar-refractivity contribution in [3.8, 4) is 0 Å². The normalized spacial score (nSPS) is 20.4. The molecule has 1 saturated heterocycles. The molecule has 1 fully saturated rings. The zero-order valence-electron chi connectivity index (χ0n) is 10.1. The van der Waals surface area contributed by atoms with Crippen LogP contribution in [0.2, 0.25) is 5.02 Å². The number of nitrogens with zero attached hydrogens (tertiary/aromatic N) is 2. The molecule has 1 atom stereocenters. The van der Waals surface area contributed by atoms with E-state index in [4.69, 9.17) is 11.6 Å². The zero-order chi connectivity index (χ0) is 12.4. The van der Waals surface area contributed by atoms with Crippen LogP contribution in [-0.2, 0) is 6.54 Å². The van der Waals surface area contributed by atoms with Crippen LogP contribution in [0.1, 0.15) is 23.6 Å². The predicted molar refractivity (Wildman–Crippen MR) is 76.2 cm³/mol. The standard InChI is InChI=1S/C14H15ClN2S/c15-14-4-2-1-3-13(14)11-5-6-17(7-11)8-12-9-18-10-16-12/h1-4,9-11H,5-8H2/t11-/m1/s1. The number of benzene rings is 1. The molecule has 2 heterocycles. The van der Waals surface area contributed by atoms with Gasteiger partial charge in [-0.25, -0.2) is 4.98 Å². The van der Waals surface area contributed by atoms with Gasteiger partial charge in [0.1, 0.15) is 0 Å². The van der Waals surface area contributed by atoms with Crippen molar-refractivity contribution in [2.24, 2.45) is 0 Å². The number of thiazole rings is 1. The van der Waals surface area contributed by atoms with Crippen molar-refractivity contribution in [1.82, 2.24) is 9.88 Å². The van der Waals surface area contributed by atoms with Gasteiger partial charge in [0.2, 0.25) is 0 Å². The summed E-state index contributed by atoms with van der Waals surface area (Å²) in [7, 11) is 0. The number of halogens is 1. The third-order valence-corrected chi connectivity index (χ3v) is 4.47. The second-order valence-electron chi connectivity index (χ2n) is 4.72. The first-order chi connectivity index (χ1) is 8.83. The van der Waals surface area contributed by atoms with Gasteiger partial charge in [0.15, 0.2) is 0 Å². The molecule has 0 radical (unpaired) electrons. The van der Waals surface area contributed by atoms with E-state index in [2.05, 4.69) is 27.4 Å². The molecular formula is C14H15ClN2S. The van der Waals surface area contributed by atoms with Gasteiger partial charge < -0.3 is 0 Å². The van der Waals surface area contributed by atoms with Crippen molar-refractivity contribution in [2.75, 3.05) is 13.1 Å². The van der Waals surface area contributed by atoms with E-state index < -0.39 is 0 Å². The Labute approximate surface area is 116 Å². The number of rotatable bonds is 3. The molecule has 18 heavy (non-hydrogen) atoms. The zero-order valence-corrected chi connectivity index (χ0v) is 11.6. The molecule has 0 saturated carbocycles. The number of likely N-dealkylation sites (tertiary alicyclic amines) is 1. The number of aromatic nitrogens is 1. The Morgan fingerprint density at radius 1 is 1.39 bits per heavy atom. The van der Waals surface area contributed by atoms with Crippen molar-refractivity contribution in [2.45, 2.75) is 18.9 Å². The lowest BCUT2D eigenvalue weighted by molar-refractivity contribution is 0.323. The van der Waals surface area contributed by atoms with E-state index in [0.29, 0.717) is 5.92 Å². The van der Waals surface area contributed by atoms with Crippen molar-refractivity contribution < 1.29 is 0 Å². The second-order valence-corrected chi connectivity index (χ2v) is 5.85. The van der Waals surface area contributed by atoms with E-state index in [1.807, 2.05) is 17.6 Å². The first-order valence-electron chi connectivity index (χ1n) is 6.17. The monoisotopic (exact) mass is 278 g/mol. The molecule has 1 aliphatic heterocycles. The highest BCUT2D eigenvalue weighted by Crippen LogP contribution is 2.32. The Kier molecular flexibility index (Phi) is 3.64. The molecule has 1 aromatic heterocycles. The van der Waals surface area contributed by atoms with Crippen LogP contribution in [0.4, 0.5) is 0 Å². The molecule has 3 rings (SSSR count). The summed E-state index contributed by atoms with van der Waals surface area (Å²) >= 11 is 7.93. The lowest BCUT2D eigenvalue weighted by Crippen LogP contribution is -2.19. The molecule has 94 valence electrons. The van der Waals surface area contributed by atoms with Crippen LogP contribution >= 0.6 is 22.9 Å². The highest BCUT2D eigenvalue weighted by Gasteiger charge is 2.25. The van der Waals surface area contributed by atoms with Crippen LogP contribution in [0.3, 0.4) is 0 Å². The van der Waals surface area contributed by atoms with Crippen LogP contribution in [-0.4, -0.2) is 23.0 Å². The van der Waals surface area contributed by atoms with Gasteiger partial charge in [0.05, 0.1) is 11.2 Å². The van der Waals surface area contributed by atoms with Gasteiger partial charge in [-0.2, -0.15) is 0 Å². The fourth-order valence-electron chi connectivity index (χ4n) is 2.58. The molecule has 1 aliphatic rings. The van der Waals surface area contributed by atoms with Crippen LogP contribution in [0.25, 0.3) is 0 Å². The van der Waals surface area contributed by atoms with Crippen LogP contribution in [0, 0.1) is 0 Å². The van der Waals surface area contributed by atoms with Crippen molar-refractivity contribution >= 4 is 22.9 Å². The molecule has 2 nitrogen and oxygen atoms in total. The minimum absolute atomic E-state index is 0.567. The van der Waals surface area contributed by atoms with E-state index in [1.54, 1.807) is 11.3 Å². The molecular weight excluding hydrogens is 264 g/mol. The van der Waals surface area contributed by atoms with Crippen LogP contribution in [0.15, 0.2) is 35.2 Å². The van der Waals surface area contributed by atoms with E-state index in [-0.39, 0.29) is 0 Å². The maximum atomic E-state index is 6.27. The van der Waals surface area contributed by atoms with E-state index in [1.165, 1.54) is 17.7 Å². The van der Waals surface area contributed by atoms with Crippen LogP contribution < -0.4 is 0 Å². The van der Waals surface area contributed by atoms with E-state index in [9.17, 15) is 0 Å². The van der Waals surface area contributed by atoms with Gasteiger partial charge in [-0.15, -0.1) is 11.3 Å². The van der Waals surface area contributed by atoms with Gasteiger partial charge in [-0.05, 0) is 30.5 Å². The maximum Gasteiger partial charge on any atom is 0.0795 e. The third-order valence-electron chi connectivity index (χ3n) is 3.49. The maximum absolute atomic E-state index is 6.27.